The average Bonchev–Trinajstić information content (AvgIpc) is 3.53. The quantitative estimate of drug-likeness (QED) is 0.380. The van der Waals surface area contributed by atoms with Gasteiger partial charge in [-0.15, -0.1) is 22.7 Å². The molecule has 4 rings (SSSR count). The third kappa shape index (κ3) is 4.61. The molecule has 1 unspecified atom stereocenters. The molecule has 0 spiro atoms. The second-order valence-electron chi connectivity index (χ2n) is 7.94. The number of hydrogen-bond donors (Lipinski definition) is 2. The molecule has 1 aliphatic rings. The maximum absolute atomic E-state index is 13.7. The van der Waals surface area contributed by atoms with Gasteiger partial charge in [0.15, 0.2) is 9.84 Å². The number of thiophene rings is 2. The van der Waals surface area contributed by atoms with Gasteiger partial charge < -0.3 is 9.64 Å². The number of rotatable bonds is 6. The van der Waals surface area contributed by atoms with E-state index < -0.39 is 26.9 Å². The zero-order valence-corrected chi connectivity index (χ0v) is 20.8. The van der Waals surface area contributed by atoms with Crippen molar-refractivity contribution in [2.24, 2.45) is 0 Å². The highest BCUT2D eigenvalue weighted by molar-refractivity contribution is 7.92. The normalized spacial score (nSPS) is 19.9. The molecule has 0 radical (unpaired) electrons. The molecule has 3 aromatic rings. The van der Waals surface area contributed by atoms with Crippen LogP contribution < -0.4 is 10.2 Å². The van der Waals surface area contributed by atoms with Crippen LogP contribution in [0.25, 0.3) is 10.4 Å². The predicted molar refractivity (Wildman–Crippen MR) is 131 cm³/mol. The smallest absolute Gasteiger partial charge is 0.263 e. The monoisotopic (exact) mass is 520 g/mol. The summed E-state index contributed by atoms with van der Waals surface area (Å²) in [5, 5.41) is 11.0. The first kappa shape index (κ1) is 24.4. The molecule has 11 heteroatoms. The fourth-order valence-electron chi connectivity index (χ4n) is 4.12. The number of carbonyl (C=O) groups is 2. The lowest BCUT2D eigenvalue weighted by atomic mass is 9.97. The Bertz CT molecular complexity index is 1270. The summed E-state index contributed by atoms with van der Waals surface area (Å²) in [4.78, 5) is 28.6. The molecule has 2 aromatic heterocycles. The molecule has 1 aliphatic heterocycles. The molecule has 0 aliphatic carbocycles. The van der Waals surface area contributed by atoms with E-state index in [1.54, 1.807) is 36.2 Å². The van der Waals surface area contributed by atoms with Gasteiger partial charge in [0.1, 0.15) is 10.5 Å². The number of carbonyl (C=O) groups excluding carboxylic acids is 2. The van der Waals surface area contributed by atoms with Gasteiger partial charge in [-0.05, 0) is 59.8 Å². The minimum atomic E-state index is -3.87. The van der Waals surface area contributed by atoms with E-state index in [1.807, 2.05) is 30.3 Å². The van der Waals surface area contributed by atoms with Crippen LogP contribution in [0.3, 0.4) is 0 Å². The zero-order valence-electron chi connectivity index (χ0n) is 18.4. The maximum atomic E-state index is 13.7. The molecule has 3 heterocycles. The molecule has 34 heavy (non-hydrogen) atoms. The number of ether oxygens (including phenoxy) is 1. The molecular weight excluding hydrogens is 496 g/mol. The molecule has 2 N–H and O–H groups in total. The summed E-state index contributed by atoms with van der Waals surface area (Å²) in [6.45, 7) is 0.211. The van der Waals surface area contributed by atoms with Crippen molar-refractivity contribution in [1.29, 1.82) is 0 Å². The first-order chi connectivity index (χ1) is 16.3. The van der Waals surface area contributed by atoms with E-state index in [0.29, 0.717) is 15.5 Å². The summed E-state index contributed by atoms with van der Waals surface area (Å²) < 4.78 is 30.9. The highest BCUT2D eigenvalue weighted by Crippen LogP contribution is 2.45. The van der Waals surface area contributed by atoms with Crippen molar-refractivity contribution < 1.29 is 28.0 Å². The predicted octanol–water partition coefficient (Wildman–Crippen LogP) is 3.54. The molecule has 1 fully saturated rings. The zero-order chi connectivity index (χ0) is 24.3. The van der Waals surface area contributed by atoms with E-state index in [4.69, 9.17) is 4.74 Å². The van der Waals surface area contributed by atoms with Gasteiger partial charge >= 0.3 is 0 Å². The molecular formula is C23H24N2O6S3. The number of nitrogens with zero attached hydrogens (tertiary/aromatic N) is 1. The van der Waals surface area contributed by atoms with Crippen LogP contribution in [-0.2, 0) is 19.4 Å². The summed E-state index contributed by atoms with van der Waals surface area (Å²) >= 11 is 2.59. The summed E-state index contributed by atoms with van der Waals surface area (Å²) in [7, 11) is -2.29. The Morgan fingerprint density at radius 3 is 2.56 bits per heavy atom. The topological polar surface area (TPSA) is 113 Å². The second kappa shape index (κ2) is 9.87. The number of sulfone groups is 1. The SMILES string of the molecule is COc1ccc(-c2ccc(C3(CC(=O)NO)CCN(C(=O)c4cccs4)CCS3(=O)=O)s2)cc1. The minimum Gasteiger partial charge on any atom is -0.497 e. The van der Waals surface area contributed by atoms with Crippen LogP contribution in [0.2, 0.25) is 0 Å². The maximum Gasteiger partial charge on any atom is 0.263 e. The largest absolute Gasteiger partial charge is 0.497 e. The number of amides is 2. The molecule has 1 aromatic carbocycles. The highest BCUT2D eigenvalue weighted by Gasteiger charge is 2.50. The fourth-order valence-corrected chi connectivity index (χ4v) is 8.42. The first-order valence-electron chi connectivity index (χ1n) is 10.5. The van der Waals surface area contributed by atoms with Gasteiger partial charge in [0.25, 0.3) is 5.91 Å². The van der Waals surface area contributed by atoms with E-state index in [-0.39, 0.29) is 31.2 Å². The molecule has 1 atom stereocenters. The third-order valence-corrected chi connectivity index (χ3v) is 10.8. The van der Waals surface area contributed by atoms with Gasteiger partial charge in [-0.25, -0.2) is 13.9 Å². The number of methoxy groups -OCH3 is 1. The minimum absolute atomic E-state index is 0.0400. The van der Waals surface area contributed by atoms with Crippen molar-refractivity contribution in [3.8, 4) is 16.2 Å². The van der Waals surface area contributed by atoms with Crippen molar-refractivity contribution in [3.05, 3.63) is 63.7 Å². The van der Waals surface area contributed by atoms with Crippen LogP contribution in [0.4, 0.5) is 0 Å². The van der Waals surface area contributed by atoms with Crippen molar-refractivity contribution in [2.45, 2.75) is 17.6 Å². The van der Waals surface area contributed by atoms with E-state index in [9.17, 15) is 23.2 Å². The van der Waals surface area contributed by atoms with Crippen LogP contribution in [0.5, 0.6) is 5.75 Å². The summed E-state index contributed by atoms with van der Waals surface area (Å²) in [5.41, 5.74) is 2.47. The van der Waals surface area contributed by atoms with E-state index >= 15 is 0 Å². The Morgan fingerprint density at radius 2 is 1.91 bits per heavy atom. The van der Waals surface area contributed by atoms with Crippen LogP contribution in [0.1, 0.15) is 27.4 Å². The highest BCUT2D eigenvalue weighted by atomic mass is 32.2. The summed E-state index contributed by atoms with van der Waals surface area (Å²) in [6.07, 6.45) is -0.391. The average molecular weight is 521 g/mol. The lowest BCUT2D eigenvalue weighted by molar-refractivity contribution is -0.129. The Morgan fingerprint density at radius 1 is 1.15 bits per heavy atom. The van der Waals surface area contributed by atoms with Crippen LogP contribution >= 0.6 is 22.7 Å². The third-order valence-electron chi connectivity index (χ3n) is 6.03. The summed E-state index contributed by atoms with van der Waals surface area (Å²) in [6, 6.07) is 14.4. The Balaban J connectivity index is 1.72. The van der Waals surface area contributed by atoms with Gasteiger partial charge in [0, 0.05) is 22.8 Å². The van der Waals surface area contributed by atoms with Gasteiger partial charge in [-0.3, -0.25) is 14.8 Å². The lowest BCUT2D eigenvalue weighted by Crippen LogP contribution is -2.41. The van der Waals surface area contributed by atoms with Crippen molar-refractivity contribution in [1.82, 2.24) is 10.4 Å². The Hall–Kier alpha value is -2.73. The molecule has 1 saturated heterocycles. The molecule has 0 bridgehead atoms. The van der Waals surface area contributed by atoms with E-state index in [0.717, 1.165) is 10.4 Å². The number of hydroxylamine groups is 1. The lowest BCUT2D eigenvalue weighted by Gasteiger charge is -2.30. The Labute approximate surface area is 205 Å². The van der Waals surface area contributed by atoms with Crippen molar-refractivity contribution in [2.75, 3.05) is 26.0 Å². The van der Waals surface area contributed by atoms with Gasteiger partial charge in [-0.2, -0.15) is 0 Å². The van der Waals surface area contributed by atoms with Gasteiger partial charge in [0.2, 0.25) is 5.91 Å². The molecule has 2 amide bonds. The van der Waals surface area contributed by atoms with Gasteiger partial charge in [-0.1, -0.05) is 6.07 Å². The fraction of sp³-hybridized carbons (Fsp3) is 0.304. The van der Waals surface area contributed by atoms with Crippen LogP contribution in [0.15, 0.2) is 53.9 Å². The summed E-state index contributed by atoms with van der Waals surface area (Å²) in [5.74, 6) is -0.587. The van der Waals surface area contributed by atoms with Crippen molar-refractivity contribution in [3.63, 3.8) is 0 Å². The second-order valence-corrected chi connectivity index (χ2v) is 12.4. The van der Waals surface area contributed by atoms with Crippen LogP contribution in [-0.4, -0.2) is 56.3 Å². The number of nitrogens with one attached hydrogen (secondary N) is 1. The molecule has 180 valence electrons. The van der Waals surface area contributed by atoms with Crippen molar-refractivity contribution >= 4 is 44.3 Å². The first-order valence-corrected chi connectivity index (χ1v) is 13.9. The number of benzene rings is 1. The van der Waals surface area contributed by atoms with Gasteiger partial charge in [0.05, 0.1) is 24.2 Å². The Kier molecular flexibility index (Phi) is 7.08. The molecule has 0 saturated carbocycles. The molecule has 8 nitrogen and oxygen atoms in total. The van der Waals surface area contributed by atoms with E-state index in [2.05, 4.69) is 0 Å². The van der Waals surface area contributed by atoms with E-state index in [1.165, 1.54) is 27.6 Å². The standard InChI is InChI=1S/C23H24N2O6S3/c1-31-17-6-4-16(5-7-17)18-8-9-20(33-18)23(15-21(26)24-28)10-11-25(12-14-34(23,29)30)22(27)19-3-2-13-32-19/h2-9,13,28H,10-12,14-15H2,1H3,(H,24,26). The van der Waals surface area contributed by atoms with Crippen LogP contribution in [0, 0.1) is 0 Å². The number of hydrogen-bond acceptors (Lipinski definition) is 8.